The molecule has 1 aromatic rings. The zero-order valence-corrected chi connectivity index (χ0v) is 12.1. The van der Waals surface area contributed by atoms with E-state index < -0.39 is 0 Å². The lowest BCUT2D eigenvalue weighted by atomic mass is 9.86. The molecule has 18 heavy (non-hydrogen) atoms. The third-order valence-electron chi connectivity index (χ3n) is 3.00. The van der Waals surface area contributed by atoms with E-state index in [-0.39, 0.29) is 5.41 Å². The summed E-state index contributed by atoms with van der Waals surface area (Å²) in [5, 5.41) is 0. The summed E-state index contributed by atoms with van der Waals surface area (Å²) in [6.07, 6.45) is 3.06. The van der Waals surface area contributed by atoms with Gasteiger partial charge in [0.2, 0.25) is 0 Å². The Morgan fingerprint density at radius 2 is 1.83 bits per heavy atom. The summed E-state index contributed by atoms with van der Waals surface area (Å²) < 4.78 is 0. The van der Waals surface area contributed by atoms with Gasteiger partial charge < -0.3 is 5.73 Å². The minimum atomic E-state index is 0.229. The van der Waals surface area contributed by atoms with Crippen molar-refractivity contribution in [2.24, 2.45) is 16.6 Å². The molecule has 0 saturated carbocycles. The Morgan fingerprint density at radius 1 is 1.22 bits per heavy atom. The van der Waals surface area contributed by atoms with Crippen LogP contribution in [0.2, 0.25) is 0 Å². The van der Waals surface area contributed by atoms with Gasteiger partial charge in [-0.2, -0.15) is 0 Å². The first-order valence-electron chi connectivity index (χ1n) is 6.73. The maximum Gasteiger partial charge on any atom is 0.0508 e. The fourth-order valence-electron chi connectivity index (χ4n) is 1.89. The van der Waals surface area contributed by atoms with E-state index in [9.17, 15) is 0 Å². The van der Waals surface area contributed by atoms with Gasteiger partial charge in [-0.15, -0.1) is 0 Å². The predicted octanol–water partition coefficient (Wildman–Crippen LogP) is 3.19. The molecule has 2 heteroatoms. The molecule has 1 rings (SSSR count). The highest BCUT2D eigenvalue weighted by Crippen LogP contribution is 2.22. The van der Waals surface area contributed by atoms with Gasteiger partial charge in [0, 0.05) is 12.8 Å². The summed E-state index contributed by atoms with van der Waals surface area (Å²) >= 11 is 0. The van der Waals surface area contributed by atoms with Gasteiger partial charge in [0.15, 0.2) is 0 Å². The fraction of sp³-hybridized carbons (Fsp3) is 0.562. The molecule has 0 radical (unpaired) electrons. The van der Waals surface area contributed by atoms with E-state index in [0.717, 1.165) is 13.0 Å². The highest BCUT2D eigenvalue weighted by atomic mass is 14.7. The normalized spacial score (nSPS) is 14.1. The minimum Gasteiger partial charge on any atom is -0.329 e. The standard InChI is InChI=1S/C16H26N2/c1-13(12-18-10-9-17)11-14-5-7-15(8-6-14)16(2,3)4/h5-8,12-13H,9-11,17H2,1-4H3/b18-12+. The molecular weight excluding hydrogens is 220 g/mol. The number of aliphatic imine (C=N–C) groups is 1. The molecular formula is C16H26N2. The second-order valence-electron chi connectivity index (χ2n) is 5.97. The van der Waals surface area contributed by atoms with Gasteiger partial charge in [-0.3, -0.25) is 4.99 Å². The van der Waals surface area contributed by atoms with E-state index in [4.69, 9.17) is 5.73 Å². The van der Waals surface area contributed by atoms with Crippen LogP contribution in [0.1, 0.15) is 38.8 Å². The Labute approximate surface area is 111 Å². The SMILES string of the molecule is CC(/C=N/CCN)Cc1ccc(C(C)(C)C)cc1. The van der Waals surface area contributed by atoms with Crippen LogP contribution >= 0.6 is 0 Å². The molecule has 0 heterocycles. The van der Waals surface area contributed by atoms with Gasteiger partial charge in [-0.1, -0.05) is 52.0 Å². The second kappa shape index (κ2) is 6.69. The molecule has 100 valence electrons. The molecule has 0 aliphatic rings. The molecule has 0 spiro atoms. The predicted molar refractivity (Wildman–Crippen MR) is 80.4 cm³/mol. The maximum atomic E-state index is 5.41. The number of rotatable bonds is 5. The highest BCUT2D eigenvalue weighted by molar-refractivity contribution is 5.60. The van der Waals surface area contributed by atoms with Crippen LogP contribution in [0, 0.1) is 5.92 Å². The molecule has 2 N–H and O–H groups in total. The molecule has 0 saturated heterocycles. The summed E-state index contributed by atoms with van der Waals surface area (Å²) in [5.74, 6) is 0.469. The lowest BCUT2D eigenvalue weighted by molar-refractivity contribution is 0.589. The van der Waals surface area contributed by atoms with E-state index in [0.29, 0.717) is 12.5 Å². The summed E-state index contributed by atoms with van der Waals surface area (Å²) in [5.41, 5.74) is 8.39. The van der Waals surface area contributed by atoms with Crippen LogP contribution < -0.4 is 5.73 Å². The van der Waals surface area contributed by atoms with E-state index in [2.05, 4.69) is 57.0 Å². The Balaban J connectivity index is 2.58. The minimum absolute atomic E-state index is 0.229. The fourth-order valence-corrected chi connectivity index (χ4v) is 1.89. The van der Waals surface area contributed by atoms with Crippen molar-refractivity contribution < 1.29 is 0 Å². The van der Waals surface area contributed by atoms with Crippen molar-refractivity contribution in [3.8, 4) is 0 Å². The van der Waals surface area contributed by atoms with Crippen LogP contribution in [-0.2, 0) is 11.8 Å². The van der Waals surface area contributed by atoms with E-state index in [1.54, 1.807) is 0 Å². The van der Waals surface area contributed by atoms with Gasteiger partial charge >= 0.3 is 0 Å². The van der Waals surface area contributed by atoms with Gasteiger partial charge in [0.1, 0.15) is 0 Å². The van der Waals surface area contributed by atoms with Crippen molar-refractivity contribution in [1.82, 2.24) is 0 Å². The number of benzene rings is 1. The van der Waals surface area contributed by atoms with Crippen molar-refractivity contribution >= 4 is 6.21 Å². The third-order valence-corrected chi connectivity index (χ3v) is 3.00. The first kappa shape index (κ1) is 14.9. The molecule has 0 aromatic heterocycles. The van der Waals surface area contributed by atoms with E-state index in [1.165, 1.54) is 11.1 Å². The molecule has 1 aromatic carbocycles. The first-order chi connectivity index (χ1) is 8.43. The number of nitrogens with zero attached hydrogens (tertiary/aromatic N) is 1. The summed E-state index contributed by atoms with van der Waals surface area (Å²) in [7, 11) is 0. The summed E-state index contributed by atoms with van der Waals surface area (Å²) in [6, 6.07) is 8.93. The molecule has 0 amide bonds. The summed E-state index contributed by atoms with van der Waals surface area (Å²) in [4.78, 5) is 4.29. The zero-order valence-electron chi connectivity index (χ0n) is 12.1. The average molecular weight is 246 g/mol. The topological polar surface area (TPSA) is 38.4 Å². The van der Waals surface area contributed by atoms with E-state index in [1.807, 2.05) is 6.21 Å². The van der Waals surface area contributed by atoms with Crippen molar-refractivity contribution in [3.05, 3.63) is 35.4 Å². The molecule has 0 aliphatic heterocycles. The second-order valence-corrected chi connectivity index (χ2v) is 5.97. The van der Waals surface area contributed by atoms with Crippen LogP contribution in [0.4, 0.5) is 0 Å². The van der Waals surface area contributed by atoms with E-state index >= 15 is 0 Å². The quantitative estimate of drug-likeness (QED) is 0.796. The van der Waals surface area contributed by atoms with Crippen molar-refractivity contribution in [1.29, 1.82) is 0 Å². The molecule has 0 bridgehead atoms. The Morgan fingerprint density at radius 3 is 2.33 bits per heavy atom. The number of nitrogens with two attached hydrogens (primary N) is 1. The molecule has 0 fully saturated rings. The Hall–Kier alpha value is -1.15. The van der Waals surface area contributed by atoms with Crippen molar-refractivity contribution in [2.75, 3.05) is 13.1 Å². The van der Waals surface area contributed by atoms with Crippen LogP contribution in [0.5, 0.6) is 0 Å². The monoisotopic (exact) mass is 246 g/mol. The number of hydrogen-bond donors (Lipinski definition) is 1. The van der Waals surface area contributed by atoms with Crippen LogP contribution in [0.3, 0.4) is 0 Å². The molecule has 0 aliphatic carbocycles. The first-order valence-corrected chi connectivity index (χ1v) is 6.73. The van der Waals surface area contributed by atoms with Crippen LogP contribution in [-0.4, -0.2) is 19.3 Å². The lowest BCUT2D eigenvalue weighted by Gasteiger charge is -2.19. The van der Waals surface area contributed by atoms with Crippen molar-refractivity contribution in [3.63, 3.8) is 0 Å². The van der Waals surface area contributed by atoms with Crippen LogP contribution in [0.15, 0.2) is 29.3 Å². The number of hydrogen-bond acceptors (Lipinski definition) is 2. The highest BCUT2D eigenvalue weighted by Gasteiger charge is 2.12. The third kappa shape index (κ3) is 5.01. The lowest BCUT2D eigenvalue weighted by Crippen LogP contribution is -2.11. The average Bonchev–Trinajstić information content (AvgIpc) is 2.29. The smallest absolute Gasteiger partial charge is 0.0508 e. The van der Waals surface area contributed by atoms with Crippen LogP contribution in [0.25, 0.3) is 0 Å². The maximum absolute atomic E-state index is 5.41. The largest absolute Gasteiger partial charge is 0.329 e. The zero-order chi connectivity index (χ0) is 13.6. The molecule has 1 atom stereocenters. The van der Waals surface area contributed by atoms with Crippen molar-refractivity contribution in [2.45, 2.75) is 39.5 Å². The summed E-state index contributed by atoms with van der Waals surface area (Å²) in [6.45, 7) is 10.3. The van der Waals surface area contributed by atoms with Gasteiger partial charge in [0.05, 0.1) is 6.54 Å². The van der Waals surface area contributed by atoms with Gasteiger partial charge in [-0.05, 0) is 28.9 Å². The molecule has 1 unspecified atom stereocenters. The molecule has 2 nitrogen and oxygen atoms in total. The van der Waals surface area contributed by atoms with Gasteiger partial charge in [-0.25, -0.2) is 0 Å². The Kier molecular flexibility index (Phi) is 5.54. The van der Waals surface area contributed by atoms with Gasteiger partial charge in [0.25, 0.3) is 0 Å². The Bertz CT molecular complexity index is 371.